The van der Waals surface area contributed by atoms with E-state index in [1.165, 1.54) is 67.8 Å². The molecule has 0 aliphatic rings. The van der Waals surface area contributed by atoms with E-state index in [0.29, 0.717) is 17.3 Å². The van der Waals surface area contributed by atoms with Gasteiger partial charge in [0.05, 0.1) is 0 Å². The van der Waals surface area contributed by atoms with Crippen molar-refractivity contribution in [1.29, 1.82) is 5.41 Å². The molecule has 12 nitrogen and oxygen atoms in total. The number of hydrogen-bond donors (Lipinski definition) is 2. The van der Waals surface area contributed by atoms with Crippen LogP contribution in [-0.2, 0) is 45.0 Å². The van der Waals surface area contributed by atoms with E-state index in [-0.39, 0.29) is 18.2 Å². The Bertz CT molecular complexity index is 1500. The number of hydrogen-bond acceptors (Lipinski definition) is 8. The van der Waals surface area contributed by atoms with E-state index in [9.17, 15) is 0 Å². The second kappa shape index (κ2) is 37.8. The van der Waals surface area contributed by atoms with E-state index >= 15 is 0 Å². The number of amidine groups is 1. The Morgan fingerprint density at radius 2 is 0.942 bits per heavy atom. The number of aromatic nitrogens is 7. The van der Waals surface area contributed by atoms with Gasteiger partial charge in [-0.1, -0.05) is 57.7 Å². The molecule has 15 heteroatoms. The van der Waals surface area contributed by atoms with Crippen LogP contribution in [0.2, 0.25) is 0 Å². The Morgan fingerprint density at radius 1 is 0.596 bits per heavy atom. The zero-order valence-corrected chi connectivity index (χ0v) is 33.3. The average Bonchev–Trinajstić information content (AvgIpc) is 3.23. The Morgan fingerprint density at radius 3 is 1.19 bits per heavy atom. The molecule has 52 heavy (non-hydrogen) atoms. The molecule has 5 rings (SSSR count). The van der Waals surface area contributed by atoms with Crippen molar-refractivity contribution in [2.45, 2.75) is 65.2 Å². The number of aryl methyl sites for hydroxylation is 2. The topological polar surface area (TPSA) is 200 Å². The Balaban J connectivity index is -0.000000646. The van der Waals surface area contributed by atoms with Crippen LogP contribution in [-0.4, -0.2) is 40.7 Å². The molecule has 0 saturated carbocycles. The summed E-state index contributed by atoms with van der Waals surface area (Å²) in [7, 11) is 4.69. The van der Waals surface area contributed by atoms with Crippen molar-refractivity contribution < 1.29 is 32.1 Å². The molecule has 0 spiro atoms. The van der Waals surface area contributed by atoms with E-state index in [1.807, 2.05) is 61.2 Å². The molecule has 5 aromatic heterocycles. The first-order valence-corrected chi connectivity index (χ1v) is 18.9. The molecule has 0 aromatic carbocycles. The molecule has 3 N–H and O–H groups in total. The minimum absolute atomic E-state index is 0. The number of nitrogens with one attached hydrogen (secondary N) is 1. The summed E-state index contributed by atoms with van der Waals surface area (Å²) in [4.78, 5) is 29.7. The number of nitrogens with zero attached hydrogens (tertiary/aromatic N) is 7. The zero-order valence-electron chi connectivity index (χ0n) is 29.0. The number of nitrogen functional groups attached to an aromatic ring is 1. The van der Waals surface area contributed by atoms with E-state index < -0.39 is 0 Å². The van der Waals surface area contributed by atoms with Crippen LogP contribution < -0.4 is 5.73 Å². The van der Waals surface area contributed by atoms with Crippen molar-refractivity contribution in [1.82, 2.24) is 34.9 Å². The van der Waals surface area contributed by atoms with Gasteiger partial charge in [-0.2, -0.15) is 0 Å². The van der Waals surface area contributed by atoms with Gasteiger partial charge in [0.2, 0.25) is 0 Å². The van der Waals surface area contributed by atoms with Crippen molar-refractivity contribution in [3.8, 4) is 23.0 Å². The van der Waals surface area contributed by atoms with E-state index in [4.69, 9.17) is 34.6 Å². The van der Waals surface area contributed by atoms with Gasteiger partial charge in [-0.05, 0) is 73.2 Å². The SMILES string of the molecule is CCCCCc1cnc(-c2ccccn2)nc1.CCCCCc1cnc(-c2ccccn2)nc1.Cl.N=C(N)c1ccccn1.[C-]#[O+].[C-]#[O+].[C-]#[O+].[Cl][Re]. The number of nitrogens with two attached hydrogens (primary N) is 1. The second-order valence-corrected chi connectivity index (χ2v) is 9.80. The fourth-order valence-electron chi connectivity index (χ4n) is 3.90. The third kappa shape index (κ3) is 23.9. The predicted molar refractivity (Wildman–Crippen MR) is 197 cm³/mol. The van der Waals surface area contributed by atoms with Gasteiger partial charge in [0, 0.05) is 43.4 Å². The minimum atomic E-state index is 0. The molecule has 274 valence electrons. The van der Waals surface area contributed by atoms with Crippen molar-refractivity contribution in [2.75, 3.05) is 0 Å². The van der Waals surface area contributed by atoms with Gasteiger partial charge < -0.3 is 5.73 Å². The van der Waals surface area contributed by atoms with E-state index in [1.54, 1.807) is 36.8 Å². The third-order valence-corrected chi connectivity index (χ3v) is 6.28. The van der Waals surface area contributed by atoms with Crippen molar-refractivity contribution in [3.63, 3.8) is 0 Å². The number of unbranched alkanes of at least 4 members (excludes halogenated alkanes) is 4. The third-order valence-electron chi connectivity index (χ3n) is 6.28. The van der Waals surface area contributed by atoms with Gasteiger partial charge >= 0.3 is 61.6 Å². The molecular weight excluding hydrogens is 876 g/mol. The van der Waals surface area contributed by atoms with Gasteiger partial charge in [0.25, 0.3) is 0 Å². The molecule has 0 aliphatic carbocycles. The zero-order chi connectivity index (χ0) is 38.5. The van der Waals surface area contributed by atoms with Crippen LogP contribution in [0.1, 0.15) is 69.2 Å². The van der Waals surface area contributed by atoms with Gasteiger partial charge in [0.15, 0.2) is 11.6 Å². The quantitative estimate of drug-likeness (QED) is 0.0438. The first kappa shape index (κ1) is 51.9. The molecule has 5 aromatic rings. The summed E-state index contributed by atoms with van der Waals surface area (Å²) in [5.41, 5.74) is 9.73. The average molecular weight is 918 g/mol. The monoisotopic (exact) mass is 917 g/mol. The van der Waals surface area contributed by atoms with Gasteiger partial charge in [-0.3, -0.25) is 20.4 Å². The molecule has 0 aliphatic heterocycles. The molecule has 0 unspecified atom stereocenters. The summed E-state index contributed by atoms with van der Waals surface area (Å²) in [5, 5.41) is 6.95. The first-order chi connectivity index (χ1) is 25.1. The maximum atomic E-state index is 7.50. The summed E-state index contributed by atoms with van der Waals surface area (Å²) >= 11 is 1.19. The van der Waals surface area contributed by atoms with Crippen molar-refractivity contribution in [3.05, 3.63) is 135 Å². The molecule has 0 amide bonds. The fourth-order valence-corrected chi connectivity index (χ4v) is 3.90. The van der Waals surface area contributed by atoms with Gasteiger partial charge in [0.1, 0.15) is 22.9 Å². The molecular formula is C37H42Cl2N9O3Re. The van der Waals surface area contributed by atoms with Crippen molar-refractivity contribution >= 4 is 27.8 Å². The summed E-state index contributed by atoms with van der Waals surface area (Å²) < 4.78 is 22.5. The summed E-state index contributed by atoms with van der Waals surface area (Å²) in [6.45, 7) is 17.9. The standard InChI is InChI=1S/2C14H17N3.C6H7N3.3CO.2ClH.Re/c2*1-2-3-4-7-12-10-16-14(17-11-12)13-8-5-6-9-15-13;7-6(8)5-3-1-2-4-9-5;3*1-2;;;/h2*5-6,8-11H,2-4,7H2,1H3;1-4H,(H3,7,8);;;;2*1H;/q;;;;;;;;+1/p-1. The van der Waals surface area contributed by atoms with Crippen LogP contribution in [0.4, 0.5) is 0 Å². The van der Waals surface area contributed by atoms with Crippen LogP contribution >= 0.6 is 21.9 Å². The predicted octanol–water partition coefficient (Wildman–Crippen LogP) is 7.90. The normalized spacial score (nSPS) is 8.58. The number of pyridine rings is 3. The number of halogens is 2. The molecule has 0 bridgehead atoms. The molecule has 5 heterocycles. The Labute approximate surface area is 327 Å². The van der Waals surface area contributed by atoms with Crippen LogP contribution in [0.5, 0.6) is 0 Å². The molecule has 0 atom stereocenters. The maximum absolute atomic E-state index is 7.50. The van der Waals surface area contributed by atoms with Crippen LogP contribution in [0.25, 0.3) is 23.0 Å². The molecule has 0 radical (unpaired) electrons. The van der Waals surface area contributed by atoms with Gasteiger partial charge in [-0.15, -0.1) is 12.4 Å². The van der Waals surface area contributed by atoms with E-state index in [0.717, 1.165) is 24.2 Å². The first-order valence-electron chi connectivity index (χ1n) is 15.6. The number of rotatable bonds is 11. The van der Waals surface area contributed by atoms with Crippen LogP contribution in [0, 0.1) is 25.4 Å². The van der Waals surface area contributed by atoms with Crippen molar-refractivity contribution in [2.24, 2.45) is 5.73 Å². The molecule has 0 saturated heterocycles. The van der Waals surface area contributed by atoms with Crippen LogP contribution in [0.3, 0.4) is 0 Å². The molecule has 0 fully saturated rings. The summed E-state index contributed by atoms with van der Waals surface area (Å²) in [6.07, 6.45) is 22.3. The summed E-state index contributed by atoms with van der Waals surface area (Å²) in [6, 6.07) is 16.8. The Kier molecular flexibility index (Phi) is 37.7. The Hall–Kier alpha value is -4.46. The fraction of sp³-hybridized carbons (Fsp3) is 0.270. The second-order valence-electron chi connectivity index (χ2n) is 9.80. The summed E-state index contributed by atoms with van der Waals surface area (Å²) in [5.74, 6) is 1.41. The van der Waals surface area contributed by atoms with E-state index in [2.05, 4.69) is 68.7 Å². The van der Waals surface area contributed by atoms with Gasteiger partial charge in [-0.25, -0.2) is 19.9 Å². The van der Waals surface area contributed by atoms with Crippen LogP contribution in [0.15, 0.2) is 98.0 Å².